The molecule has 21 heavy (non-hydrogen) atoms. The maximum absolute atomic E-state index is 12.3. The number of aryl methyl sites for hydroxylation is 1. The molecule has 2 heterocycles. The molecule has 0 saturated heterocycles. The van der Waals surface area contributed by atoms with Crippen molar-refractivity contribution in [3.63, 3.8) is 0 Å². The van der Waals surface area contributed by atoms with Gasteiger partial charge in [-0.3, -0.25) is 0 Å². The number of carboxylic acid groups (broad SMARTS) is 1. The van der Waals surface area contributed by atoms with Crippen molar-refractivity contribution in [3.05, 3.63) is 32.4 Å². The number of thiazole rings is 1. The number of aromatic nitrogens is 1. The predicted octanol–water partition coefficient (Wildman–Crippen LogP) is 2.29. The van der Waals surface area contributed by atoms with Crippen molar-refractivity contribution in [1.82, 2.24) is 9.71 Å². The molecule has 6 nitrogen and oxygen atoms in total. The summed E-state index contributed by atoms with van der Waals surface area (Å²) in [4.78, 5) is 14.9. The van der Waals surface area contributed by atoms with Crippen LogP contribution in [0.2, 0.25) is 0 Å². The van der Waals surface area contributed by atoms with Crippen LogP contribution >= 0.6 is 22.7 Å². The second kappa shape index (κ2) is 6.22. The van der Waals surface area contributed by atoms with Gasteiger partial charge in [0.05, 0.1) is 5.01 Å². The van der Waals surface area contributed by atoms with Crippen molar-refractivity contribution in [1.29, 1.82) is 0 Å². The summed E-state index contributed by atoms with van der Waals surface area (Å²) in [6.07, 6.45) is 1.66. The largest absolute Gasteiger partial charge is 0.477 e. The van der Waals surface area contributed by atoms with Gasteiger partial charge in [0.1, 0.15) is 9.77 Å². The summed E-state index contributed by atoms with van der Waals surface area (Å²) in [5, 5.41) is 13.3. The first-order valence-corrected chi connectivity index (χ1v) is 9.27. The highest BCUT2D eigenvalue weighted by Crippen LogP contribution is 2.27. The molecule has 2 aromatic heterocycles. The van der Waals surface area contributed by atoms with Crippen molar-refractivity contribution < 1.29 is 18.3 Å². The van der Waals surface area contributed by atoms with Crippen LogP contribution in [0.4, 0.5) is 0 Å². The Morgan fingerprint density at radius 2 is 2.19 bits per heavy atom. The minimum Gasteiger partial charge on any atom is -0.477 e. The van der Waals surface area contributed by atoms with E-state index in [0.717, 1.165) is 16.3 Å². The molecule has 0 aliphatic rings. The Kier molecular flexibility index (Phi) is 4.77. The second-order valence-electron chi connectivity index (χ2n) is 4.51. The molecule has 2 rings (SSSR count). The average Bonchev–Trinajstić information content (AvgIpc) is 3.04. The van der Waals surface area contributed by atoms with Crippen LogP contribution in [-0.4, -0.2) is 31.0 Å². The third-order valence-electron chi connectivity index (χ3n) is 2.83. The quantitative estimate of drug-likeness (QED) is 0.836. The summed E-state index contributed by atoms with van der Waals surface area (Å²) in [5.74, 6) is -1.31. The van der Waals surface area contributed by atoms with E-state index < -0.39 is 16.0 Å². The van der Waals surface area contributed by atoms with Gasteiger partial charge in [0.15, 0.2) is 0 Å². The summed E-state index contributed by atoms with van der Waals surface area (Å²) in [6.45, 7) is 3.62. The molecule has 0 aliphatic heterocycles. The van der Waals surface area contributed by atoms with Crippen LogP contribution in [0.25, 0.3) is 0 Å². The molecule has 114 valence electrons. The van der Waals surface area contributed by atoms with Crippen molar-refractivity contribution in [2.24, 2.45) is 0 Å². The Morgan fingerprint density at radius 1 is 1.48 bits per heavy atom. The molecule has 9 heteroatoms. The number of hydrogen-bond donors (Lipinski definition) is 2. The Balaban J connectivity index is 2.20. The number of nitrogens with zero attached hydrogens (tertiary/aromatic N) is 1. The maximum Gasteiger partial charge on any atom is 0.347 e. The van der Waals surface area contributed by atoms with Crippen LogP contribution in [0.1, 0.15) is 33.1 Å². The zero-order valence-corrected chi connectivity index (χ0v) is 13.8. The van der Waals surface area contributed by atoms with Gasteiger partial charge in [0.2, 0.25) is 10.0 Å². The SMILES string of the molecule is Cc1csc(C(=O)O)c1S(=O)(=O)NCC(C)c1nccs1. The van der Waals surface area contributed by atoms with Gasteiger partial charge in [-0.15, -0.1) is 22.7 Å². The molecule has 0 saturated carbocycles. The summed E-state index contributed by atoms with van der Waals surface area (Å²) in [7, 11) is -3.85. The lowest BCUT2D eigenvalue weighted by molar-refractivity contribution is 0.0698. The van der Waals surface area contributed by atoms with E-state index >= 15 is 0 Å². The van der Waals surface area contributed by atoms with Gasteiger partial charge in [0, 0.05) is 24.0 Å². The second-order valence-corrected chi connectivity index (χ2v) is 8.01. The molecule has 1 unspecified atom stereocenters. The zero-order valence-electron chi connectivity index (χ0n) is 11.4. The Bertz CT molecular complexity index is 735. The first-order chi connectivity index (χ1) is 9.83. The molecule has 2 N–H and O–H groups in total. The third-order valence-corrected chi connectivity index (χ3v) is 6.67. The van der Waals surface area contributed by atoms with Crippen molar-refractivity contribution >= 4 is 38.7 Å². The Morgan fingerprint density at radius 3 is 2.76 bits per heavy atom. The van der Waals surface area contributed by atoms with Crippen LogP contribution in [0, 0.1) is 6.92 Å². The van der Waals surface area contributed by atoms with Gasteiger partial charge >= 0.3 is 5.97 Å². The Labute approximate surface area is 130 Å². The molecule has 0 amide bonds. The number of hydrogen-bond acceptors (Lipinski definition) is 6. The van der Waals surface area contributed by atoms with Gasteiger partial charge < -0.3 is 5.11 Å². The van der Waals surface area contributed by atoms with Gasteiger partial charge in [-0.25, -0.2) is 22.9 Å². The molecular weight excluding hydrogens is 332 g/mol. The monoisotopic (exact) mass is 346 g/mol. The fraction of sp³-hybridized carbons (Fsp3) is 0.333. The van der Waals surface area contributed by atoms with E-state index in [1.54, 1.807) is 13.1 Å². The van der Waals surface area contributed by atoms with Gasteiger partial charge in [0.25, 0.3) is 0 Å². The highest BCUT2D eigenvalue weighted by Gasteiger charge is 2.27. The van der Waals surface area contributed by atoms with E-state index in [-0.39, 0.29) is 22.2 Å². The minimum absolute atomic E-state index is 0.0769. The number of aromatic carboxylic acids is 1. The number of rotatable bonds is 6. The third kappa shape index (κ3) is 3.49. The van der Waals surface area contributed by atoms with Crippen LogP contribution in [0.15, 0.2) is 21.9 Å². The Hall–Kier alpha value is -1.29. The molecule has 0 fully saturated rings. The van der Waals surface area contributed by atoms with E-state index in [0.29, 0.717) is 5.56 Å². The van der Waals surface area contributed by atoms with Gasteiger partial charge in [-0.05, 0) is 17.9 Å². The van der Waals surface area contributed by atoms with Gasteiger partial charge in [-0.1, -0.05) is 6.92 Å². The number of nitrogens with one attached hydrogen (secondary N) is 1. The number of thiophene rings is 1. The molecule has 0 bridgehead atoms. The van der Waals surface area contributed by atoms with Crippen LogP contribution in [0.3, 0.4) is 0 Å². The molecule has 0 radical (unpaired) electrons. The average molecular weight is 346 g/mol. The van der Waals surface area contributed by atoms with E-state index in [1.165, 1.54) is 16.7 Å². The summed E-state index contributed by atoms with van der Waals surface area (Å²) >= 11 is 2.37. The fourth-order valence-corrected chi connectivity index (χ4v) is 5.24. The van der Waals surface area contributed by atoms with Crippen molar-refractivity contribution in [2.75, 3.05) is 6.54 Å². The minimum atomic E-state index is -3.85. The molecule has 0 aromatic carbocycles. The molecule has 2 aromatic rings. The van der Waals surface area contributed by atoms with E-state index in [4.69, 9.17) is 5.11 Å². The fourth-order valence-electron chi connectivity index (χ4n) is 1.79. The van der Waals surface area contributed by atoms with E-state index in [2.05, 4.69) is 9.71 Å². The lowest BCUT2D eigenvalue weighted by Gasteiger charge is -2.11. The maximum atomic E-state index is 12.3. The number of carboxylic acids is 1. The van der Waals surface area contributed by atoms with Crippen LogP contribution < -0.4 is 4.72 Å². The number of carbonyl (C=O) groups is 1. The first kappa shape index (κ1) is 16.1. The summed E-state index contributed by atoms with van der Waals surface area (Å²) < 4.78 is 27.1. The smallest absolute Gasteiger partial charge is 0.347 e. The van der Waals surface area contributed by atoms with Crippen LogP contribution in [-0.2, 0) is 10.0 Å². The molecular formula is C12H14N2O4S3. The van der Waals surface area contributed by atoms with Gasteiger partial charge in [-0.2, -0.15) is 0 Å². The predicted molar refractivity (Wildman–Crippen MR) is 81.7 cm³/mol. The highest BCUT2D eigenvalue weighted by atomic mass is 32.2. The summed E-state index contributed by atoms with van der Waals surface area (Å²) in [5.41, 5.74) is 0.437. The topological polar surface area (TPSA) is 96.4 Å². The lowest BCUT2D eigenvalue weighted by atomic mass is 10.2. The van der Waals surface area contributed by atoms with Crippen LogP contribution in [0.5, 0.6) is 0 Å². The molecule has 0 aliphatic carbocycles. The zero-order chi connectivity index (χ0) is 15.6. The van der Waals surface area contributed by atoms with E-state index in [9.17, 15) is 13.2 Å². The standard InChI is InChI=1S/C12H14N2O4S3/c1-7(11-13-3-4-19-11)5-14-21(17,18)10-8(2)6-20-9(10)12(15)16/h3-4,6-7,14H,5H2,1-2H3,(H,15,16). The number of sulfonamides is 1. The van der Waals surface area contributed by atoms with Crippen molar-refractivity contribution in [3.8, 4) is 0 Å². The first-order valence-electron chi connectivity index (χ1n) is 6.03. The van der Waals surface area contributed by atoms with E-state index in [1.807, 2.05) is 12.3 Å². The normalized spacial score (nSPS) is 13.2. The highest BCUT2D eigenvalue weighted by molar-refractivity contribution is 7.89. The lowest BCUT2D eigenvalue weighted by Crippen LogP contribution is -2.29. The summed E-state index contributed by atoms with van der Waals surface area (Å²) in [6, 6.07) is 0. The molecule has 1 atom stereocenters. The van der Waals surface area contributed by atoms with Crippen molar-refractivity contribution in [2.45, 2.75) is 24.7 Å². The molecule has 0 spiro atoms.